The van der Waals surface area contributed by atoms with Gasteiger partial charge in [-0.15, -0.1) is 10.2 Å². The minimum atomic E-state index is -0.0243. The third-order valence-corrected chi connectivity index (χ3v) is 4.70. The van der Waals surface area contributed by atoms with Gasteiger partial charge >= 0.3 is 0 Å². The molecule has 0 unspecified atom stereocenters. The molecular formula is C17H20N4O. The van der Waals surface area contributed by atoms with Crippen molar-refractivity contribution in [3.8, 4) is 0 Å². The number of carbonyl (C=O) groups excluding carboxylic acids is 1. The van der Waals surface area contributed by atoms with E-state index in [0.29, 0.717) is 6.54 Å². The fourth-order valence-electron chi connectivity index (χ4n) is 3.48. The summed E-state index contributed by atoms with van der Waals surface area (Å²) >= 11 is 0. The molecule has 114 valence electrons. The molecule has 1 aromatic heterocycles. The highest BCUT2D eigenvalue weighted by molar-refractivity contribution is 5.94. The Hall–Kier alpha value is -2.17. The molecule has 4 rings (SSSR count). The van der Waals surface area contributed by atoms with Gasteiger partial charge in [-0.05, 0) is 55.4 Å². The van der Waals surface area contributed by atoms with E-state index in [1.54, 1.807) is 0 Å². The van der Waals surface area contributed by atoms with E-state index in [0.717, 1.165) is 49.4 Å². The summed E-state index contributed by atoms with van der Waals surface area (Å²) in [6.07, 6.45) is 6.83. The minimum absolute atomic E-state index is 0.0243. The largest absolute Gasteiger partial charge is 0.345 e. The first-order valence-corrected chi connectivity index (χ1v) is 8.12. The molecule has 0 saturated carbocycles. The molecule has 0 fully saturated rings. The van der Waals surface area contributed by atoms with Crippen molar-refractivity contribution in [2.45, 2.75) is 51.6 Å². The highest BCUT2D eigenvalue weighted by atomic mass is 16.1. The van der Waals surface area contributed by atoms with Crippen molar-refractivity contribution in [2.24, 2.45) is 0 Å². The molecule has 1 aromatic carbocycles. The van der Waals surface area contributed by atoms with Gasteiger partial charge in [0.2, 0.25) is 0 Å². The molecule has 1 N–H and O–H groups in total. The summed E-state index contributed by atoms with van der Waals surface area (Å²) in [5, 5.41) is 11.3. The Labute approximate surface area is 129 Å². The van der Waals surface area contributed by atoms with Gasteiger partial charge in [-0.3, -0.25) is 4.79 Å². The maximum atomic E-state index is 12.4. The maximum Gasteiger partial charge on any atom is 0.251 e. The Morgan fingerprint density at radius 2 is 1.95 bits per heavy atom. The summed E-state index contributed by atoms with van der Waals surface area (Å²) in [5.41, 5.74) is 3.49. The van der Waals surface area contributed by atoms with Gasteiger partial charge in [0.05, 0.1) is 6.54 Å². The Morgan fingerprint density at radius 1 is 1.09 bits per heavy atom. The van der Waals surface area contributed by atoms with Crippen molar-refractivity contribution < 1.29 is 4.79 Å². The number of hydrogen-bond acceptors (Lipinski definition) is 3. The molecule has 0 atom stereocenters. The summed E-state index contributed by atoms with van der Waals surface area (Å²) in [6, 6.07) is 6.10. The third kappa shape index (κ3) is 2.40. The first-order chi connectivity index (χ1) is 10.8. The molecule has 2 aromatic rings. The lowest BCUT2D eigenvalue weighted by Gasteiger charge is -2.16. The fourth-order valence-corrected chi connectivity index (χ4v) is 3.48. The molecule has 0 saturated heterocycles. The van der Waals surface area contributed by atoms with Crippen molar-refractivity contribution in [1.29, 1.82) is 0 Å². The van der Waals surface area contributed by atoms with Crippen LogP contribution in [0, 0.1) is 0 Å². The van der Waals surface area contributed by atoms with Crippen LogP contribution in [0.1, 0.15) is 52.4 Å². The second kappa shape index (κ2) is 5.55. The zero-order chi connectivity index (χ0) is 14.9. The van der Waals surface area contributed by atoms with Gasteiger partial charge in [-0.1, -0.05) is 6.07 Å². The summed E-state index contributed by atoms with van der Waals surface area (Å²) in [4.78, 5) is 12.4. The smallest absolute Gasteiger partial charge is 0.251 e. The number of hydrogen-bond donors (Lipinski definition) is 1. The van der Waals surface area contributed by atoms with E-state index in [1.807, 2.05) is 6.07 Å². The van der Waals surface area contributed by atoms with E-state index in [1.165, 1.54) is 24.0 Å². The van der Waals surface area contributed by atoms with Crippen molar-refractivity contribution in [1.82, 2.24) is 20.1 Å². The van der Waals surface area contributed by atoms with Crippen LogP contribution < -0.4 is 5.32 Å². The van der Waals surface area contributed by atoms with Gasteiger partial charge in [0, 0.05) is 18.5 Å². The second-order valence-electron chi connectivity index (χ2n) is 6.16. The third-order valence-electron chi connectivity index (χ3n) is 4.70. The van der Waals surface area contributed by atoms with Crippen LogP contribution in [-0.4, -0.2) is 20.7 Å². The van der Waals surface area contributed by atoms with Crippen molar-refractivity contribution in [3.05, 3.63) is 46.5 Å². The van der Waals surface area contributed by atoms with Gasteiger partial charge in [0.15, 0.2) is 5.82 Å². The minimum Gasteiger partial charge on any atom is -0.345 e. The van der Waals surface area contributed by atoms with E-state index in [2.05, 4.69) is 32.2 Å². The Morgan fingerprint density at radius 3 is 2.86 bits per heavy atom. The molecule has 2 heterocycles. The van der Waals surface area contributed by atoms with Gasteiger partial charge in [-0.25, -0.2) is 0 Å². The fraction of sp³-hybridized carbons (Fsp3) is 0.471. The average Bonchev–Trinajstić information content (AvgIpc) is 3.16. The Balaban J connectivity index is 1.45. The molecule has 0 spiro atoms. The van der Waals surface area contributed by atoms with Crippen molar-refractivity contribution >= 4 is 5.91 Å². The molecule has 5 heteroatoms. The normalized spacial score (nSPS) is 16.2. The summed E-state index contributed by atoms with van der Waals surface area (Å²) < 4.78 is 2.12. The molecule has 1 aliphatic heterocycles. The topological polar surface area (TPSA) is 59.8 Å². The van der Waals surface area contributed by atoms with Crippen molar-refractivity contribution in [2.75, 3.05) is 0 Å². The molecule has 5 nitrogen and oxygen atoms in total. The zero-order valence-electron chi connectivity index (χ0n) is 12.6. The first-order valence-electron chi connectivity index (χ1n) is 8.12. The molecule has 0 radical (unpaired) electrons. The predicted octanol–water partition coefficient (Wildman–Crippen LogP) is 2.03. The number of fused-ring (bicyclic) bond motifs is 2. The lowest BCUT2D eigenvalue weighted by Crippen LogP contribution is -2.25. The maximum absolute atomic E-state index is 12.4. The summed E-state index contributed by atoms with van der Waals surface area (Å²) in [7, 11) is 0. The molecule has 1 amide bonds. The second-order valence-corrected chi connectivity index (χ2v) is 6.16. The van der Waals surface area contributed by atoms with Crippen LogP contribution >= 0.6 is 0 Å². The highest BCUT2D eigenvalue weighted by Crippen LogP contribution is 2.22. The Bertz CT molecular complexity index is 719. The number of benzene rings is 1. The average molecular weight is 296 g/mol. The molecular weight excluding hydrogens is 276 g/mol. The quantitative estimate of drug-likeness (QED) is 0.943. The van der Waals surface area contributed by atoms with Gasteiger partial charge < -0.3 is 9.88 Å². The van der Waals surface area contributed by atoms with E-state index in [-0.39, 0.29) is 5.91 Å². The number of carbonyl (C=O) groups is 1. The van der Waals surface area contributed by atoms with Crippen LogP contribution in [0.2, 0.25) is 0 Å². The van der Waals surface area contributed by atoms with E-state index in [9.17, 15) is 4.79 Å². The number of rotatable bonds is 3. The van der Waals surface area contributed by atoms with Crippen LogP contribution in [0.15, 0.2) is 18.2 Å². The molecule has 1 aliphatic carbocycles. The summed E-state index contributed by atoms with van der Waals surface area (Å²) in [5.74, 6) is 1.88. The number of nitrogens with zero attached hydrogens (tertiary/aromatic N) is 3. The Kier molecular flexibility index (Phi) is 3.41. The molecule has 0 bridgehead atoms. The standard InChI is InChI=1S/C17H20N4O/c22-17(14-8-7-12-4-1-2-5-13(12)10-14)18-11-16-20-19-15-6-3-9-21(15)16/h7-8,10H,1-6,9,11H2,(H,18,22). The first kappa shape index (κ1) is 13.5. The predicted molar refractivity (Wildman–Crippen MR) is 82.6 cm³/mol. The highest BCUT2D eigenvalue weighted by Gasteiger charge is 2.18. The SMILES string of the molecule is O=C(NCc1nnc2n1CCC2)c1ccc2c(c1)CCCC2. The lowest BCUT2D eigenvalue weighted by atomic mass is 9.90. The van der Waals surface area contributed by atoms with Gasteiger partial charge in [-0.2, -0.15) is 0 Å². The van der Waals surface area contributed by atoms with Crippen LogP contribution in [0.5, 0.6) is 0 Å². The van der Waals surface area contributed by atoms with Crippen LogP contribution in [0.25, 0.3) is 0 Å². The van der Waals surface area contributed by atoms with E-state index >= 15 is 0 Å². The number of amides is 1. The lowest BCUT2D eigenvalue weighted by molar-refractivity contribution is 0.0949. The van der Waals surface area contributed by atoms with E-state index < -0.39 is 0 Å². The van der Waals surface area contributed by atoms with Gasteiger partial charge in [0.25, 0.3) is 5.91 Å². The van der Waals surface area contributed by atoms with Crippen LogP contribution in [0.4, 0.5) is 0 Å². The van der Waals surface area contributed by atoms with Crippen LogP contribution in [-0.2, 0) is 32.4 Å². The zero-order valence-corrected chi connectivity index (χ0v) is 12.6. The van der Waals surface area contributed by atoms with Crippen molar-refractivity contribution in [3.63, 3.8) is 0 Å². The number of aryl methyl sites for hydroxylation is 3. The molecule has 2 aliphatic rings. The van der Waals surface area contributed by atoms with E-state index in [4.69, 9.17) is 0 Å². The van der Waals surface area contributed by atoms with Crippen LogP contribution in [0.3, 0.4) is 0 Å². The number of nitrogens with one attached hydrogen (secondary N) is 1. The van der Waals surface area contributed by atoms with Gasteiger partial charge in [0.1, 0.15) is 5.82 Å². The summed E-state index contributed by atoms with van der Waals surface area (Å²) in [6.45, 7) is 1.41. The monoisotopic (exact) mass is 296 g/mol. The molecule has 22 heavy (non-hydrogen) atoms. The number of aromatic nitrogens is 3.